The molecule has 0 aliphatic carbocycles. The summed E-state index contributed by atoms with van der Waals surface area (Å²) < 4.78 is 0. The molecule has 19 heavy (non-hydrogen) atoms. The molecule has 0 aromatic carbocycles. The van der Waals surface area contributed by atoms with Crippen LogP contribution < -0.4 is 10.2 Å². The molecule has 0 N–H and O–H groups in total. The van der Waals surface area contributed by atoms with Crippen molar-refractivity contribution >= 4 is 11.9 Å². The number of hydrogen-bond donors (Lipinski definition) is 0. The molecule has 0 radical (unpaired) electrons. The summed E-state index contributed by atoms with van der Waals surface area (Å²) in [6.45, 7) is 1.39. The maximum atomic E-state index is 10.1. The smallest absolute Gasteiger partial charge is 0.655 e. The Morgan fingerprint density at radius 3 is 1.32 bits per heavy atom. The number of carbonyl (C=O) groups excluding carboxylic acids is 2. The Kier molecular flexibility index (Phi) is 10.0. The third-order valence-corrected chi connectivity index (χ3v) is 3.01. The first-order chi connectivity index (χ1) is 8.61. The minimum Gasteiger partial charge on any atom is -0.655 e. The number of carbonyl (C=O) groups is 2. The normalized spacial score (nSPS) is 26.3. The molecule has 0 spiro atoms. The van der Waals surface area contributed by atoms with Gasteiger partial charge in [-0.25, -0.2) is 0 Å². The molecule has 2 heterocycles. The minimum atomic E-state index is -1.02. The fraction of sp³-hybridized carbons (Fsp3) is 0.833. The Bertz CT molecular complexity index is 249. The van der Waals surface area contributed by atoms with Gasteiger partial charge in [0, 0.05) is 11.9 Å². The van der Waals surface area contributed by atoms with Gasteiger partial charge in [0.05, 0.1) is 0 Å². The van der Waals surface area contributed by atoms with E-state index in [9.17, 15) is 19.8 Å². The van der Waals surface area contributed by atoms with Gasteiger partial charge in [-0.05, 0) is 0 Å². The number of carboxylic acid groups (broad SMARTS) is 2. The van der Waals surface area contributed by atoms with Gasteiger partial charge in [0.1, 0.15) is 0 Å². The van der Waals surface area contributed by atoms with Gasteiger partial charge in [-0.15, -0.1) is 13.1 Å². The molecule has 2 aliphatic heterocycles. The van der Waals surface area contributed by atoms with Gasteiger partial charge in [0.15, 0.2) is 0 Å². The van der Waals surface area contributed by atoms with Crippen LogP contribution in [0.1, 0.15) is 38.5 Å². The van der Waals surface area contributed by atoms with Crippen molar-refractivity contribution in [3.05, 3.63) is 10.6 Å². The Hall–Kier alpha value is -0.517. The van der Waals surface area contributed by atoms with Crippen LogP contribution in [0, 0.1) is 0 Å². The van der Waals surface area contributed by atoms with Crippen molar-refractivity contribution in [1.29, 1.82) is 0 Å². The van der Waals surface area contributed by atoms with Gasteiger partial charge in [-0.1, -0.05) is 50.6 Å². The van der Waals surface area contributed by atoms with Gasteiger partial charge in [-0.2, -0.15) is 0 Å². The molecule has 0 bridgehead atoms. The summed E-state index contributed by atoms with van der Waals surface area (Å²) in [7, 11) is 0. The zero-order valence-corrected chi connectivity index (χ0v) is 14.0. The molecule has 2 aliphatic rings. The molecule has 0 aromatic rings. The molecule has 7 heteroatoms. The molecule has 6 nitrogen and oxygen atoms in total. The molecule has 2 saturated heterocycles. The van der Waals surface area contributed by atoms with Crippen LogP contribution in [0.2, 0.25) is 0 Å². The van der Waals surface area contributed by atoms with Gasteiger partial charge in [-0.3, -0.25) is 0 Å². The Labute approximate surface area is 126 Å². The number of nitrogens with zero attached hydrogens (tertiary/aromatic N) is 2. The van der Waals surface area contributed by atoms with Crippen LogP contribution in [0.15, 0.2) is 0 Å². The van der Waals surface area contributed by atoms with Crippen molar-refractivity contribution in [1.82, 2.24) is 0 Å². The van der Waals surface area contributed by atoms with E-state index in [-0.39, 0.29) is 19.5 Å². The topological polar surface area (TPSA) is 108 Å². The number of carboxylic acids is 2. The molecule has 2 unspecified atom stereocenters. The fourth-order valence-corrected chi connectivity index (χ4v) is 1.96. The van der Waals surface area contributed by atoms with Gasteiger partial charge in [0.25, 0.3) is 0 Å². The summed E-state index contributed by atoms with van der Waals surface area (Å²) in [4.78, 5) is 20.3. The number of rotatable bonds is 2. The van der Waals surface area contributed by atoms with Crippen molar-refractivity contribution in [2.75, 3.05) is 13.1 Å². The van der Waals surface area contributed by atoms with Crippen LogP contribution in [0.25, 0.3) is 10.6 Å². The van der Waals surface area contributed by atoms with Crippen LogP contribution in [0.5, 0.6) is 0 Å². The largest absolute Gasteiger partial charge is 2.00 e. The standard InChI is InChI=1S/2C6H10NO2.Zn/c2*8-6(9)5-3-1-2-4-7-5;/h2*5H,1-4H2,(H,8,9);/q2*-1;+2/p-2. The predicted molar refractivity (Wildman–Crippen MR) is 61.7 cm³/mol. The van der Waals surface area contributed by atoms with Crippen LogP contribution in [-0.4, -0.2) is 37.1 Å². The Morgan fingerprint density at radius 2 is 1.16 bits per heavy atom. The minimum absolute atomic E-state index is 0. The van der Waals surface area contributed by atoms with E-state index >= 15 is 0 Å². The quantitative estimate of drug-likeness (QED) is 0.628. The molecule has 2 rings (SSSR count). The maximum Gasteiger partial charge on any atom is 2.00 e. The van der Waals surface area contributed by atoms with Crippen molar-refractivity contribution in [2.45, 2.75) is 50.6 Å². The summed E-state index contributed by atoms with van der Waals surface area (Å²) in [6, 6.07) is -1.03. The number of aliphatic carboxylic acids is 2. The van der Waals surface area contributed by atoms with E-state index in [4.69, 9.17) is 0 Å². The molecular formula is C12H18N2O4Zn-2. The first-order valence-corrected chi connectivity index (χ1v) is 6.36. The maximum absolute atomic E-state index is 10.1. The number of hydrogen-bond acceptors (Lipinski definition) is 4. The predicted octanol–water partition coefficient (Wildman–Crippen LogP) is -0.677. The first kappa shape index (κ1) is 18.5. The fourth-order valence-electron chi connectivity index (χ4n) is 1.96. The van der Waals surface area contributed by atoms with E-state index in [0.29, 0.717) is 25.9 Å². The third kappa shape index (κ3) is 7.60. The summed E-state index contributed by atoms with van der Waals surface area (Å²) in [5.41, 5.74) is 0. The molecule has 2 fully saturated rings. The van der Waals surface area contributed by atoms with Crippen LogP contribution in [0.3, 0.4) is 0 Å². The number of piperidine rings is 2. The first-order valence-electron chi connectivity index (χ1n) is 6.36. The molecular weight excluding hydrogens is 302 g/mol. The van der Waals surface area contributed by atoms with Crippen molar-refractivity contribution in [3.63, 3.8) is 0 Å². The van der Waals surface area contributed by atoms with E-state index in [1.54, 1.807) is 0 Å². The Balaban J connectivity index is 0.000000324. The van der Waals surface area contributed by atoms with Crippen molar-refractivity contribution in [3.8, 4) is 0 Å². The van der Waals surface area contributed by atoms with Crippen molar-refractivity contribution in [2.24, 2.45) is 0 Å². The molecule has 0 saturated carbocycles. The second kappa shape index (κ2) is 10.3. The van der Waals surface area contributed by atoms with E-state index in [2.05, 4.69) is 10.6 Å². The van der Waals surface area contributed by atoms with E-state index in [1.807, 2.05) is 0 Å². The second-order valence-corrected chi connectivity index (χ2v) is 4.47. The third-order valence-electron chi connectivity index (χ3n) is 3.01. The van der Waals surface area contributed by atoms with Crippen molar-refractivity contribution < 1.29 is 39.3 Å². The van der Waals surface area contributed by atoms with Crippen LogP contribution in [-0.2, 0) is 29.1 Å². The van der Waals surface area contributed by atoms with Crippen LogP contribution >= 0.6 is 0 Å². The van der Waals surface area contributed by atoms with Gasteiger partial charge in [0.2, 0.25) is 0 Å². The van der Waals surface area contributed by atoms with Gasteiger partial charge < -0.3 is 30.4 Å². The van der Waals surface area contributed by atoms with E-state index < -0.39 is 24.0 Å². The van der Waals surface area contributed by atoms with Crippen LogP contribution in [0.4, 0.5) is 0 Å². The molecule has 0 amide bonds. The summed E-state index contributed by atoms with van der Waals surface area (Å²) >= 11 is 0. The average Bonchev–Trinajstić information content (AvgIpc) is 2.41. The summed E-state index contributed by atoms with van der Waals surface area (Å²) in [5.74, 6) is -2.04. The molecule has 104 valence electrons. The van der Waals surface area contributed by atoms with E-state index in [0.717, 1.165) is 25.7 Å². The molecule has 0 aromatic heterocycles. The van der Waals surface area contributed by atoms with E-state index in [1.165, 1.54) is 0 Å². The summed E-state index contributed by atoms with van der Waals surface area (Å²) in [5, 5.41) is 28.0. The SMILES string of the molecule is O=C([O-])C1CCCC[N-]1.O=C([O-])C1CCCC[N-]1.[Zn+2]. The Morgan fingerprint density at radius 1 is 0.789 bits per heavy atom. The van der Waals surface area contributed by atoms with Gasteiger partial charge >= 0.3 is 19.5 Å². The monoisotopic (exact) mass is 318 g/mol. The zero-order valence-electron chi connectivity index (χ0n) is 11.0. The zero-order chi connectivity index (χ0) is 13.4. The molecule has 2 atom stereocenters. The average molecular weight is 320 g/mol. The summed E-state index contributed by atoms with van der Waals surface area (Å²) in [6.07, 6.45) is 5.35. The second-order valence-electron chi connectivity index (χ2n) is 4.47.